The van der Waals surface area contributed by atoms with E-state index in [4.69, 9.17) is 5.26 Å². The first kappa shape index (κ1) is 17.2. The fourth-order valence-corrected chi connectivity index (χ4v) is 4.66. The third-order valence-corrected chi connectivity index (χ3v) is 6.08. The normalized spacial score (nSPS) is 11.4. The van der Waals surface area contributed by atoms with Crippen molar-refractivity contribution in [1.82, 2.24) is 4.57 Å². The highest BCUT2D eigenvalue weighted by molar-refractivity contribution is 7.92. The van der Waals surface area contributed by atoms with Crippen LogP contribution in [0.2, 0.25) is 0 Å². The molecule has 1 heterocycles. The lowest BCUT2D eigenvalue weighted by atomic mass is 10.1. The van der Waals surface area contributed by atoms with Gasteiger partial charge in [-0.3, -0.25) is 14.1 Å². The minimum atomic E-state index is -3.76. The molecule has 25 heavy (non-hydrogen) atoms. The number of hydrogen-bond acceptors (Lipinski definition) is 5. The summed E-state index contributed by atoms with van der Waals surface area (Å²) in [6.07, 6.45) is 0.275. The Labute approximate surface area is 149 Å². The van der Waals surface area contributed by atoms with E-state index >= 15 is 0 Å². The zero-order chi connectivity index (χ0) is 18.0. The molecule has 0 aliphatic carbocycles. The fourth-order valence-electron chi connectivity index (χ4n) is 2.51. The second-order valence-corrected chi connectivity index (χ2v) is 8.05. The molecule has 3 rings (SSSR count). The van der Waals surface area contributed by atoms with Gasteiger partial charge in [-0.05, 0) is 42.8 Å². The van der Waals surface area contributed by atoms with Crippen LogP contribution in [0, 0.1) is 11.3 Å². The van der Waals surface area contributed by atoms with E-state index in [9.17, 15) is 13.2 Å². The van der Waals surface area contributed by atoms with Gasteiger partial charge in [0.05, 0.1) is 27.6 Å². The standard InChI is InChI=1S/C17H15N3O3S2/c1-2-20-15-8-7-14(11-16(15)24-17(20)21)25(22,23)19-13-5-3-12(4-6-13)9-10-18/h3-8,11,19H,2,9H2,1H3. The monoisotopic (exact) mass is 373 g/mol. The summed E-state index contributed by atoms with van der Waals surface area (Å²) in [6.45, 7) is 2.41. The quantitative estimate of drug-likeness (QED) is 0.744. The summed E-state index contributed by atoms with van der Waals surface area (Å²) in [6, 6.07) is 13.4. The minimum absolute atomic E-state index is 0.102. The van der Waals surface area contributed by atoms with Crippen LogP contribution in [-0.4, -0.2) is 13.0 Å². The summed E-state index contributed by atoms with van der Waals surface area (Å²) >= 11 is 1.03. The van der Waals surface area contributed by atoms with Gasteiger partial charge in [-0.15, -0.1) is 0 Å². The highest BCUT2D eigenvalue weighted by Crippen LogP contribution is 2.23. The molecule has 0 aliphatic rings. The third-order valence-electron chi connectivity index (χ3n) is 3.76. The predicted molar refractivity (Wildman–Crippen MR) is 98.3 cm³/mol. The molecule has 0 unspecified atom stereocenters. The molecular weight excluding hydrogens is 358 g/mol. The lowest BCUT2D eigenvalue weighted by molar-refractivity contribution is 0.601. The zero-order valence-electron chi connectivity index (χ0n) is 13.4. The van der Waals surface area contributed by atoms with Crippen molar-refractivity contribution < 1.29 is 8.42 Å². The third kappa shape index (κ3) is 3.43. The molecule has 3 aromatic rings. The molecule has 8 heteroatoms. The van der Waals surface area contributed by atoms with Crippen molar-refractivity contribution in [2.45, 2.75) is 24.8 Å². The van der Waals surface area contributed by atoms with Crippen molar-refractivity contribution in [2.24, 2.45) is 0 Å². The topological polar surface area (TPSA) is 92.0 Å². The van der Waals surface area contributed by atoms with Gasteiger partial charge in [-0.2, -0.15) is 5.26 Å². The molecule has 0 radical (unpaired) electrons. The zero-order valence-corrected chi connectivity index (χ0v) is 15.0. The number of aromatic nitrogens is 1. The molecule has 0 bridgehead atoms. The van der Waals surface area contributed by atoms with Gasteiger partial charge in [0.2, 0.25) is 0 Å². The van der Waals surface area contributed by atoms with E-state index in [1.54, 1.807) is 34.9 Å². The van der Waals surface area contributed by atoms with Gasteiger partial charge in [0.25, 0.3) is 10.0 Å². The van der Waals surface area contributed by atoms with E-state index in [1.807, 2.05) is 13.0 Å². The van der Waals surface area contributed by atoms with Crippen LogP contribution in [0.4, 0.5) is 5.69 Å². The molecule has 6 nitrogen and oxygen atoms in total. The van der Waals surface area contributed by atoms with Gasteiger partial charge in [0.15, 0.2) is 0 Å². The molecule has 1 aromatic heterocycles. The lowest BCUT2D eigenvalue weighted by Gasteiger charge is -2.09. The minimum Gasteiger partial charge on any atom is -0.299 e. The molecular formula is C17H15N3O3S2. The van der Waals surface area contributed by atoms with Crippen molar-refractivity contribution in [1.29, 1.82) is 5.26 Å². The van der Waals surface area contributed by atoms with E-state index in [0.29, 0.717) is 16.9 Å². The summed E-state index contributed by atoms with van der Waals surface area (Å²) in [5.74, 6) is 0. The molecule has 0 saturated carbocycles. The van der Waals surface area contributed by atoms with E-state index in [-0.39, 0.29) is 16.2 Å². The van der Waals surface area contributed by atoms with Gasteiger partial charge in [-0.1, -0.05) is 23.5 Å². The number of nitriles is 1. The molecule has 0 aliphatic heterocycles. The first-order chi connectivity index (χ1) is 11.9. The molecule has 0 saturated heterocycles. The highest BCUT2D eigenvalue weighted by atomic mass is 32.2. The Morgan fingerprint density at radius 1 is 1.20 bits per heavy atom. The van der Waals surface area contributed by atoms with E-state index in [1.165, 1.54) is 12.1 Å². The Morgan fingerprint density at radius 3 is 2.56 bits per heavy atom. The van der Waals surface area contributed by atoms with E-state index in [2.05, 4.69) is 4.72 Å². The number of nitrogens with zero attached hydrogens (tertiary/aromatic N) is 2. The van der Waals surface area contributed by atoms with Crippen LogP contribution >= 0.6 is 11.3 Å². The molecule has 2 aromatic carbocycles. The Kier molecular flexibility index (Phi) is 4.61. The number of thiazole rings is 1. The Balaban J connectivity index is 1.93. The van der Waals surface area contributed by atoms with Gasteiger partial charge < -0.3 is 0 Å². The second-order valence-electron chi connectivity index (χ2n) is 5.38. The molecule has 1 N–H and O–H groups in total. The SMILES string of the molecule is CCn1c(=O)sc2cc(S(=O)(=O)Nc3ccc(CC#N)cc3)ccc21. The first-order valence-corrected chi connectivity index (χ1v) is 9.86. The number of nitrogens with one attached hydrogen (secondary N) is 1. The Bertz CT molecular complexity index is 1120. The van der Waals surface area contributed by atoms with Crippen LogP contribution in [0.25, 0.3) is 10.2 Å². The first-order valence-electron chi connectivity index (χ1n) is 7.56. The van der Waals surface area contributed by atoms with Crippen molar-refractivity contribution in [3.8, 4) is 6.07 Å². The molecule has 128 valence electrons. The van der Waals surface area contributed by atoms with Crippen molar-refractivity contribution >= 4 is 37.3 Å². The number of aryl methyl sites for hydroxylation is 1. The number of hydrogen-bond donors (Lipinski definition) is 1. The fraction of sp³-hybridized carbons (Fsp3) is 0.176. The summed E-state index contributed by atoms with van der Waals surface area (Å²) in [7, 11) is -3.76. The number of fused-ring (bicyclic) bond motifs is 1. The number of anilines is 1. The molecule has 0 amide bonds. The Morgan fingerprint density at radius 2 is 1.92 bits per heavy atom. The maximum absolute atomic E-state index is 12.6. The Hall–Kier alpha value is -2.63. The second kappa shape index (κ2) is 6.70. The van der Waals surface area contributed by atoms with Crippen LogP contribution in [0.3, 0.4) is 0 Å². The van der Waals surface area contributed by atoms with Gasteiger partial charge in [0, 0.05) is 12.2 Å². The molecule has 0 fully saturated rings. The summed E-state index contributed by atoms with van der Waals surface area (Å²) in [5, 5.41) is 8.67. The largest absolute Gasteiger partial charge is 0.308 e. The summed E-state index contributed by atoms with van der Waals surface area (Å²) in [4.78, 5) is 11.9. The van der Waals surface area contributed by atoms with Gasteiger partial charge >= 0.3 is 4.87 Å². The predicted octanol–water partition coefficient (Wildman–Crippen LogP) is 2.95. The van der Waals surface area contributed by atoms with Crippen LogP contribution in [0.1, 0.15) is 12.5 Å². The van der Waals surface area contributed by atoms with E-state index in [0.717, 1.165) is 22.4 Å². The van der Waals surface area contributed by atoms with Gasteiger partial charge in [0.1, 0.15) is 0 Å². The number of benzene rings is 2. The van der Waals surface area contributed by atoms with Crippen LogP contribution < -0.4 is 9.60 Å². The average Bonchev–Trinajstić information content (AvgIpc) is 2.90. The maximum atomic E-state index is 12.6. The van der Waals surface area contributed by atoms with Crippen molar-refractivity contribution in [3.63, 3.8) is 0 Å². The number of sulfonamides is 1. The maximum Gasteiger partial charge on any atom is 0.308 e. The van der Waals surface area contributed by atoms with Crippen molar-refractivity contribution in [3.05, 3.63) is 57.7 Å². The summed E-state index contributed by atoms with van der Waals surface area (Å²) < 4.78 is 29.9. The highest BCUT2D eigenvalue weighted by Gasteiger charge is 2.16. The van der Waals surface area contributed by atoms with E-state index < -0.39 is 10.0 Å². The lowest BCUT2D eigenvalue weighted by Crippen LogP contribution is -2.13. The van der Waals surface area contributed by atoms with Crippen LogP contribution in [0.5, 0.6) is 0 Å². The van der Waals surface area contributed by atoms with Crippen molar-refractivity contribution in [2.75, 3.05) is 4.72 Å². The van der Waals surface area contributed by atoms with Gasteiger partial charge in [-0.25, -0.2) is 8.42 Å². The average molecular weight is 373 g/mol. The number of rotatable bonds is 5. The van der Waals surface area contributed by atoms with Crippen LogP contribution in [-0.2, 0) is 23.0 Å². The molecule has 0 atom stereocenters. The summed E-state index contributed by atoms with van der Waals surface area (Å²) in [5.41, 5.74) is 1.97. The smallest absolute Gasteiger partial charge is 0.299 e. The molecule has 0 spiro atoms. The van der Waals surface area contributed by atoms with Crippen LogP contribution in [0.15, 0.2) is 52.2 Å².